The lowest BCUT2D eigenvalue weighted by Crippen LogP contribution is -2.21. The third-order valence-corrected chi connectivity index (χ3v) is 3.50. The van der Waals surface area contributed by atoms with Crippen molar-refractivity contribution in [2.75, 3.05) is 12.9 Å². The van der Waals surface area contributed by atoms with Crippen molar-refractivity contribution in [2.45, 2.75) is 45.3 Å². The number of methoxy groups -OCH3 is 1. The fourth-order valence-electron chi connectivity index (χ4n) is 1.19. The van der Waals surface area contributed by atoms with E-state index in [1.165, 1.54) is 7.11 Å². The van der Waals surface area contributed by atoms with E-state index in [9.17, 15) is 9.59 Å². The summed E-state index contributed by atoms with van der Waals surface area (Å²) < 4.78 is 4.74. The van der Waals surface area contributed by atoms with E-state index < -0.39 is 0 Å². The summed E-state index contributed by atoms with van der Waals surface area (Å²) in [6.45, 7) is 8.11. The van der Waals surface area contributed by atoms with Gasteiger partial charge in [0, 0.05) is 11.2 Å². The van der Waals surface area contributed by atoms with E-state index in [1.807, 2.05) is 6.92 Å². The molecule has 0 aliphatic rings. The summed E-state index contributed by atoms with van der Waals surface area (Å²) in [5, 5.41) is 0. The van der Waals surface area contributed by atoms with Crippen LogP contribution in [0.3, 0.4) is 0 Å². The second kappa shape index (κ2) is 6.94. The van der Waals surface area contributed by atoms with Crippen LogP contribution in [0.5, 0.6) is 0 Å². The smallest absolute Gasteiger partial charge is 0.309 e. The minimum absolute atomic E-state index is 0.0859. The minimum Gasteiger partial charge on any atom is -0.469 e. The zero-order valence-corrected chi connectivity index (χ0v) is 11.6. The first-order valence-corrected chi connectivity index (χ1v) is 6.52. The number of carbonyl (C=O) groups excluding carboxylic acids is 2. The predicted molar refractivity (Wildman–Crippen MR) is 67.6 cm³/mol. The van der Waals surface area contributed by atoms with Gasteiger partial charge in [0.15, 0.2) is 0 Å². The normalized spacial score (nSPS) is 13.3. The highest BCUT2D eigenvalue weighted by Gasteiger charge is 2.21. The number of hydrogen-bond donors (Lipinski definition) is 0. The van der Waals surface area contributed by atoms with Gasteiger partial charge in [-0.1, -0.05) is 27.7 Å². The van der Waals surface area contributed by atoms with Crippen molar-refractivity contribution in [3.05, 3.63) is 0 Å². The van der Waals surface area contributed by atoms with Crippen molar-refractivity contribution in [1.82, 2.24) is 0 Å². The van der Waals surface area contributed by atoms with Gasteiger partial charge in [0.25, 0.3) is 0 Å². The molecule has 0 bridgehead atoms. The van der Waals surface area contributed by atoms with Crippen molar-refractivity contribution in [3.8, 4) is 0 Å². The standard InChI is InChI=1S/C12H22O3S/c1-6-9(11(14)15-5)7-10(13)8-16-12(2,3)4/h9H,6-8H2,1-5H3. The SMILES string of the molecule is CCC(CC(=O)CSC(C)(C)C)C(=O)OC. The molecule has 0 spiro atoms. The van der Waals surface area contributed by atoms with Crippen LogP contribution < -0.4 is 0 Å². The van der Waals surface area contributed by atoms with Crippen molar-refractivity contribution in [1.29, 1.82) is 0 Å². The monoisotopic (exact) mass is 246 g/mol. The van der Waals surface area contributed by atoms with E-state index in [0.717, 1.165) is 0 Å². The summed E-state index contributed by atoms with van der Waals surface area (Å²) in [5.41, 5.74) is 0. The number of hydrogen-bond acceptors (Lipinski definition) is 4. The number of ether oxygens (including phenoxy) is 1. The van der Waals surface area contributed by atoms with Gasteiger partial charge in [0.2, 0.25) is 0 Å². The van der Waals surface area contributed by atoms with Crippen LogP contribution in [0, 0.1) is 5.92 Å². The van der Waals surface area contributed by atoms with E-state index in [4.69, 9.17) is 0 Å². The summed E-state index contributed by atoms with van der Waals surface area (Å²) in [6.07, 6.45) is 0.949. The molecule has 0 saturated carbocycles. The zero-order chi connectivity index (χ0) is 12.8. The highest BCUT2D eigenvalue weighted by Crippen LogP contribution is 2.24. The second-order valence-electron chi connectivity index (χ2n) is 4.77. The summed E-state index contributed by atoms with van der Waals surface area (Å²) in [5.74, 6) is 0.0311. The third kappa shape index (κ3) is 6.88. The van der Waals surface area contributed by atoms with Gasteiger partial charge >= 0.3 is 5.97 Å². The Bertz CT molecular complexity index is 243. The molecule has 0 heterocycles. The fourth-order valence-corrected chi connectivity index (χ4v) is 1.90. The minimum atomic E-state index is -0.281. The summed E-state index contributed by atoms with van der Waals surface area (Å²) >= 11 is 1.61. The Morgan fingerprint density at radius 3 is 2.25 bits per heavy atom. The molecule has 0 N–H and O–H groups in total. The molecule has 16 heavy (non-hydrogen) atoms. The van der Waals surface area contributed by atoms with Gasteiger partial charge in [-0.3, -0.25) is 9.59 Å². The van der Waals surface area contributed by atoms with Gasteiger partial charge in [-0.15, -0.1) is 11.8 Å². The first-order valence-electron chi connectivity index (χ1n) is 5.53. The Hall–Kier alpha value is -0.510. The van der Waals surface area contributed by atoms with Crippen molar-refractivity contribution >= 4 is 23.5 Å². The van der Waals surface area contributed by atoms with Crippen LogP contribution in [0.4, 0.5) is 0 Å². The summed E-state index contributed by atoms with van der Waals surface area (Å²) in [6, 6.07) is 0. The van der Waals surface area contributed by atoms with Crippen LogP contribution in [0.2, 0.25) is 0 Å². The number of esters is 1. The maximum atomic E-state index is 11.7. The van der Waals surface area contributed by atoms with Crippen LogP contribution in [0.25, 0.3) is 0 Å². The van der Waals surface area contributed by atoms with Gasteiger partial charge in [0.1, 0.15) is 5.78 Å². The molecule has 4 heteroatoms. The number of carbonyl (C=O) groups is 2. The zero-order valence-electron chi connectivity index (χ0n) is 10.8. The Labute approximate surface area is 102 Å². The lowest BCUT2D eigenvalue weighted by molar-refractivity contribution is -0.147. The highest BCUT2D eigenvalue weighted by molar-refractivity contribution is 8.01. The molecule has 0 aromatic rings. The van der Waals surface area contributed by atoms with Gasteiger partial charge in [-0.25, -0.2) is 0 Å². The molecule has 0 fully saturated rings. The van der Waals surface area contributed by atoms with Crippen LogP contribution in [-0.2, 0) is 14.3 Å². The molecule has 94 valence electrons. The number of rotatable bonds is 6. The second-order valence-corrected chi connectivity index (χ2v) is 6.57. The van der Waals surface area contributed by atoms with Crippen molar-refractivity contribution < 1.29 is 14.3 Å². The van der Waals surface area contributed by atoms with E-state index in [0.29, 0.717) is 18.6 Å². The summed E-state index contributed by atoms with van der Waals surface area (Å²) in [7, 11) is 1.36. The lowest BCUT2D eigenvalue weighted by atomic mass is 10.0. The van der Waals surface area contributed by atoms with Gasteiger partial charge in [-0.05, 0) is 6.42 Å². The number of Topliss-reactive ketones (excluding diaryl/α,β-unsaturated/α-hetero) is 1. The van der Waals surface area contributed by atoms with Gasteiger partial charge in [0.05, 0.1) is 18.8 Å². The molecular formula is C12H22O3S. The largest absolute Gasteiger partial charge is 0.469 e. The molecule has 1 atom stereocenters. The molecule has 0 aromatic carbocycles. The number of ketones is 1. The van der Waals surface area contributed by atoms with Gasteiger partial charge < -0.3 is 4.74 Å². The van der Waals surface area contributed by atoms with Crippen LogP contribution in [-0.4, -0.2) is 29.4 Å². The van der Waals surface area contributed by atoms with Crippen LogP contribution in [0.1, 0.15) is 40.5 Å². The lowest BCUT2D eigenvalue weighted by Gasteiger charge is -2.17. The average molecular weight is 246 g/mol. The Balaban J connectivity index is 4.07. The van der Waals surface area contributed by atoms with Crippen molar-refractivity contribution in [3.63, 3.8) is 0 Å². The average Bonchev–Trinajstić information content (AvgIpc) is 2.21. The third-order valence-electron chi connectivity index (χ3n) is 2.17. The molecule has 0 radical (unpaired) electrons. The molecule has 0 saturated heterocycles. The predicted octanol–water partition coefficient (Wildman–Crippen LogP) is 2.68. The van der Waals surface area contributed by atoms with E-state index in [2.05, 4.69) is 25.5 Å². The quantitative estimate of drug-likeness (QED) is 0.676. The molecule has 3 nitrogen and oxygen atoms in total. The molecule has 0 aliphatic carbocycles. The Morgan fingerprint density at radius 1 is 1.31 bits per heavy atom. The molecular weight excluding hydrogens is 224 g/mol. The topological polar surface area (TPSA) is 43.4 Å². The molecule has 0 aromatic heterocycles. The van der Waals surface area contributed by atoms with Gasteiger partial charge in [-0.2, -0.15) is 0 Å². The Kier molecular flexibility index (Phi) is 6.72. The molecule has 0 aliphatic heterocycles. The maximum Gasteiger partial charge on any atom is 0.309 e. The summed E-state index contributed by atoms with van der Waals surface area (Å²) in [4.78, 5) is 22.9. The van der Waals surface area contributed by atoms with Crippen LogP contribution in [0.15, 0.2) is 0 Å². The fraction of sp³-hybridized carbons (Fsp3) is 0.833. The van der Waals surface area contributed by atoms with Crippen LogP contribution >= 0.6 is 11.8 Å². The molecule has 0 amide bonds. The van der Waals surface area contributed by atoms with E-state index in [1.54, 1.807) is 11.8 Å². The highest BCUT2D eigenvalue weighted by atomic mass is 32.2. The first kappa shape index (κ1) is 15.5. The Morgan fingerprint density at radius 2 is 1.88 bits per heavy atom. The maximum absolute atomic E-state index is 11.7. The van der Waals surface area contributed by atoms with E-state index in [-0.39, 0.29) is 22.4 Å². The first-order chi connectivity index (χ1) is 7.30. The van der Waals surface area contributed by atoms with E-state index >= 15 is 0 Å². The molecule has 1 unspecified atom stereocenters. The van der Waals surface area contributed by atoms with Crippen molar-refractivity contribution in [2.24, 2.45) is 5.92 Å². The number of thioether (sulfide) groups is 1. The molecule has 0 rings (SSSR count).